The van der Waals surface area contributed by atoms with Crippen LogP contribution in [0, 0.1) is 0 Å². The maximum Gasteiger partial charge on any atom is 0.290 e. The highest BCUT2D eigenvalue weighted by Crippen LogP contribution is 2.37. The number of benzene rings is 2. The lowest BCUT2D eigenvalue weighted by atomic mass is 9.99. The molecule has 1 atom stereocenters. The molecule has 4 rings (SSSR count). The summed E-state index contributed by atoms with van der Waals surface area (Å²) in [5.74, 6) is -0.0522. The zero-order valence-corrected chi connectivity index (χ0v) is 12.7. The van der Waals surface area contributed by atoms with Gasteiger partial charge < -0.3 is 9.32 Å². The normalized spacial score (nSPS) is 16.8. The van der Waals surface area contributed by atoms with Crippen LogP contribution in [-0.2, 0) is 0 Å². The summed E-state index contributed by atoms with van der Waals surface area (Å²) in [7, 11) is 0. The Morgan fingerprint density at radius 2 is 1.70 bits per heavy atom. The Morgan fingerprint density at radius 3 is 2.43 bits per heavy atom. The highest BCUT2D eigenvalue weighted by molar-refractivity contribution is 5.99. The van der Waals surface area contributed by atoms with E-state index in [0.29, 0.717) is 23.1 Å². The zero-order valence-electron chi connectivity index (χ0n) is 12.7. The molecule has 1 aliphatic rings. The van der Waals surface area contributed by atoms with E-state index in [2.05, 4.69) is 0 Å². The second kappa shape index (κ2) is 5.09. The standard InChI is InChI=1S/C19H15NO3/c1-2-20-16(12-8-4-3-5-9-12)15-17(21)13-10-6-7-11-14(13)23-18(15)19(20)22/h3-11,16H,2H2,1H3. The van der Waals surface area contributed by atoms with Crippen molar-refractivity contribution in [1.82, 2.24) is 4.90 Å². The van der Waals surface area contributed by atoms with Crippen molar-refractivity contribution in [2.75, 3.05) is 6.54 Å². The number of amides is 1. The minimum absolute atomic E-state index is 0.125. The van der Waals surface area contributed by atoms with Gasteiger partial charge >= 0.3 is 0 Å². The van der Waals surface area contributed by atoms with Crippen LogP contribution in [0.3, 0.4) is 0 Å². The van der Waals surface area contributed by atoms with E-state index in [1.165, 1.54) is 0 Å². The fraction of sp³-hybridized carbons (Fsp3) is 0.158. The van der Waals surface area contributed by atoms with Gasteiger partial charge in [0.2, 0.25) is 5.76 Å². The molecule has 0 radical (unpaired) electrons. The Hall–Kier alpha value is -2.88. The number of rotatable bonds is 2. The first-order valence-corrected chi connectivity index (χ1v) is 7.64. The molecule has 1 unspecified atom stereocenters. The van der Waals surface area contributed by atoms with Crippen molar-refractivity contribution >= 4 is 16.9 Å². The molecule has 114 valence electrons. The van der Waals surface area contributed by atoms with E-state index in [9.17, 15) is 9.59 Å². The van der Waals surface area contributed by atoms with Gasteiger partial charge in [-0.15, -0.1) is 0 Å². The third-order valence-corrected chi connectivity index (χ3v) is 4.33. The molecule has 0 saturated carbocycles. The van der Waals surface area contributed by atoms with Crippen molar-refractivity contribution in [3.05, 3.63) is 81.7 Å². The Balaban J connectivity index is 2.06. The van der Waals surface area contributed by atoms with Crippen LogP contribution >= 0.6 is 0 Å². The molecule has 0 fully saturated rings. The zero-order chi connectivity index (χ0) is 16.0. The summed E-state index contributed by atoms with van der Waals surface area (Å²) >= 11 is 0. The molecule has 2 heterocycles. The van der Waals surface area contributed by atoms with Gasteiger partial charge in [0.15, 0.2) is 5.43 Å². The van der Waals surface area contributed by atoms with E-state index in [-0.39, 0.29) is 23.1 Å². The predicted molar refractivity (Wildman–Crippen MR) is 87.5 cm³/mol. The number of hydrogen-bond donors (Lipinski definition) is 0. The van der Waals surface area contributed by atoms with Crippen LogP contribution in [0.2, 0.25) is 0 Å². The van der Waals surface area contributed by atoms with E-state index in [1.807, 2.05) is 37.3 Å². The lowest BCUT2D eigenvalue weighted by molar-refractivity contribution is 0.0738. The van der Waals surface area contributed by atoms with Crippen LogP contribution in [0.5, 0.6) is 0 Å². The van der Waals surface area contributed by atoms with Gasteiger partial charge in [-0.2, -0.15) is 0 Å². The topological polar surface area (TPSA) is 50.5 Å². The van der Waals surface area contributed by atoms with E-state index in [1.54, 1.807) is 29.2 Å². The second-order valence-corrected chi connectivity index (χ2v) is 5.57. The fourth-order valence-electron chi connectivity index (χ4n) is 3.28. The Morgan fingerprint density at radius 1 is 1.00 bits per heavy atom. The average Bonchev–Trinajstić information content (AvgIpc) is 2.88. The van der Waals surface area contributed by atoms with Gasteiger partial charge in [-0.05, 0) is 24.6 Å². The first kappa shape index (κ1) is 13.8. The van der Waals surface area contributed by atoms with Gasteiger partial charge in [0.05, 0.1) is 17.0 Å². The highest BCUT2D eigenvalue weighted by atomic mass is 16.3. The van der Waals surface area contributed by atoms with E-state index in [4.69, 9.17) is 4.42 Å². The van der Waals surface area contributed by atoms with Crippen molar-refractivity contribution in [3.63, 3.8) is 0 Å². The molecule has 1 amide bonds. The van der Waals surface area contributed by atoms with Crippen LogP contribution in [0.25, 0.3) is 11.0 Å². The molecule has 0 N–H and O–H groups in total. The first-order chi connectivity index (χ1) is 11.2. The summed E-state index contributed by atoms with van der Waals surface area (Å²) < 4.78 is 5.79. The Kier molecular flexibility index (Phi) is 3.05. The van der Waals surface area contributed by atoms with Crippen LogP contribution in [0.15, 0.2) is 63.8 Å². The number of carbonyl (C=O) groups is 1. The summed E-state index contributed by atoms with van der Waals surface area (Å²) in [5.41, 5.74) is 1.69. The molecule has 1 aliphatic heterocycles. The van der Waals surface area contributed by atoms with Gasteiger partial charge in [-0.25, -0.2) is 0 Å². The smallest absolute Gasteiger partial charge is 0.290 e. The molecule has 4 nitrogen and oxygen atoms in total. The summed E-state index contributed by atoms with van der Waals surface area (Å²) in [6.45, 7) is 2.42. The van der Waals surface area contributed by atoms with Gasteiger partial charge in [-0.3, -0.25) is 9.59 Å². The van der Waals surface area contributed by atoms with Crippen LogP contribution in [0.1, 0.15) is 34.6 Å². The summed E-state index contributed by atoms with van der Waals surface area (Å²) in [6.07, 6.45) is 0. The Labute approximate surface area is 133 Å². The SMILES string of the molecule is CCN1C(=O)c2oc3ccccc3c(=O)c2C1c1ccccc1. The van der Waals surface area contributed by atoms with Crippen LogP contribution in [0.4, 0.5) is 0 Å². The van der Waals surface area contributed by atoms with Gasteiger partial charge in [-0.1, -0.05) is 42.5 Å². The van der Waals surface area contributed by atoms with Crippen molar-refractivity contribution in [2.24, 2.45) is 0 Å². The summed E-state index contributed by atoms with van der Waals surface area (Å²) in [4.78, 5) is 27.4. The number of hydrogen-bond acceptors (Lipinski definition) is 3. The van der Waals surface area contributed by atoms with Crippen molar-refractivity contribution in [3.8, 4) is 0 Å². The minimum Gasteiger partial charge on any atom is -0.450 e. The lowest BCUT2D eigenvalue weighted by Crippen LogP contribution is -2.29. The number of fused-ring (bicyclic) bond motifs is 2. The van der Waals surface area contributed by atoms with E-state index < -0.39 is 0 Å². The molecular weight excluding hydrogens is 290 g/mol. The molecule has 3 aromatic rings. The number of para-hydroxylation sites is 1. The molecule has 0 aliphatic carbocycles. The molecule has 4 heteroatoms. The van der Waals surface area contributed by atoms with Crippen LogP contribution < -0.4 is 5.43 Å². The molecule has 1 aromatic heterocycles. The number of nitrogens with zero attached hydrogens (tertiary/aromatic N) is 1. The van der Waals surface area contributed by atoms with Crippen molar-refractivity contribution < 1.29 is 9.21 Å². The van der Waals surface area contributed by atoms with Gasteiger partial charge in [0, 0.05) is 6.54 Å². The summed E-state index contributed by atoms with van der Waals surface area (Å²) in [5, 5.41) is 0.512. The lowest BCUT2D eigenvalue weighted by Gasteiger charge is -2.23. The molecule has 0 saturated heterocycles. The van der Waals surface area contributed by atoms with Gasteiger partial charge in [0.1, 0.15) is 5.58 Å². The predicted octanol–water partition coefficient (Wildman–Crippen LogP) is 3.36. The maximum absolute atomic E-state index is 13.0. The van der Waals surface area contributed by atoms with Crippen molar-refractivity contribution in [2.45, 2.75) is 13.0 Å². The van der Waals surface area contributed by atoms with E-state index >= 15 is 0 Å². The monoisotopic (exact) mass is 305 g/mol. The molecule has 0 spiro atoms. The van der Waals surface area contributed by atoms with E-state index in [0.717, 1.165) is 5.56 Å². The number of carbonyl (C=O) groups excluding carboxylic acids is 1. The largest absolute Gasteiger partial charge is 0.450 e. The molecule has 0 bridgehead atoms. The maximum atomic E-state index is 13.0. The fourth-order valence-corrected chi connectivity index (χ4v) is 3.28. The Bertz CT molecular complexity index is 959. The molecular formula is C19H15NO3. The average molecular weight is 305 g/mol. The first-order valence-electron chi connectivity index (χ1n) is 7.64. The second-order valence-electron chi connectivity index (χ2n) is 5.57. The summed E-state index contributed by atoms with van der Waals surface area (Å²) in [6, 6.07) is 16.3. The van der Waals surface area contributed by atoms with Crippen LogP contribution in [-0.4, -0.2) is 17.4 Å². The third-order valence-electron chi connectivity index (χ3n) is 4.33. The highest BCUT2D eigenvalue weighted by Gasteiger charge is 2.41. The van der Waals surface area contributed by atoms with Gasteiger partial charge in [0.25, 0.3) is 5.91 Å². The quantitative estimate of drug-likeness (QED) is 0.729. The molecule has 2 aromatic carbocycles. The van der Waals surface area contributed by atoms with Crippen molar-refractivity contribution in [1.29, 1.82) is 0 Å². The third kappa shape index (κ3) is 1.91. The molecule has 23 heavy (non-hydrogen) atoms. The minimum atomic E-state index is -0.385.